The van der Waals surface area contributed by atoms with Crippen LogP contribution in [-0.2, 0) is 0 Å². The van der Waals surface area contributed by atoms with Gasteiger partial charge in [0, 0.05) is 11.0 Å². The summed E-state index contributed by atoms with van der Waals surface area (Å²) in [6.07, 6.45) is 2.84. The van der Waals surface area contributed by atoms with Crippen molar-refractivity contribution in [3.8, 4) is 0 Å². The van der Waals surface area contributed by atoms with Gasteiger partial charge in [0.2, 0.25) is 0 Å². The summed E-state index contributed by atoms with van der Waals surface area (Å²) < 4.78 is 0. The van der Waals surface area contributed by atoms with Crippen molar-refractivity contribution in [3.05, 3.63) is 0 Å². The van der Waals surface area contributed by atoms with Crippen molar-refractivity contribution in [2.45, 2.75) is 42.6 Å². The summed E-state index contributed by atoms with van der Waals surface area (Å²) in [4.78, 5) is 0. The van der Waals surface area contributed by atoms with E-state index in [1.807, 2.05) is 0 Å². The van der Waals surface area contributed by atoms with Crippen molar-refractivity contribution in [2.24, 2.45) is 0 Å². The molecule has 1 rings (SSSR count). The largest absolute Gasteiger partial charge is 0.389 e. The fourth-order valence-electron chi connectivity index (χ4n) is 1.71. The van der Waals surface area contributed by atoms with Crippen LogP contribution in [0.3, 0.4) is 0 Å². The van der Waals surface area contributed by atoms with Gasteiger partial charge >= 0.3 is 0 Å². The SMILES string of the molecule is OC(CS)C1(O)CCCCC1S. The monoisotopic (exact) mass is 208 g/mol. The first-order valence-electron chi connectivity index (χ1n) is 4.30. The molecule has 1 aliphatic rings. The molecule has 3 unspecified atom stereocenters. The first-order valence-corrected chi connectivity index (χ1v) is 5.45. The lowest BCUT2D eigenvalue weighted by molar-refractivity contribution is -0.0808. The van der Waals surface area contributed by atoms with Crippen LogP contribution in [0.4, 0.5) is 0 Å². The molecule has 0 aromatic rings. The summed E-state index contributed by atoms with van der Waals surface area (Å²) >= 11 is 8.27. The molecule has 0 aliphatic heterocycles. The Bertz CT molecular complexity index is 148. The third-order valence-corrected chi connectivity index (χ3v) is 3.68. The predicted octanol–water partition coefficient (Wildman–Crippen LogP) is 0.881. The van der Waals surface area contributed by atoms with Gasteiger partial charge in [0.1, 0.15) is 5.60 Å². The summed E-state index contributed by atoms with van der Waals surface area (Å²) in [5, 5.41) is 19.5. The van der Waals surface area contributed by atoms with Gasteiger partial charge < -0.3 is 10.2 Å². The van der Waals surface area contributed by atoms with Gasteiger partial charge in [-0.3, -0.25) is 0 Å². The Labute approximate surface area is 84.2 Å². The van der Waals surface area contributed by atoms with Gasteiger partial charge in [-0.2, -0.15) is 25.3 Å². The van der Waals surface area contributed by atoms with Crippen LogP contribution in [0.5, 0.6) is 0 Å². The second-order valence-electron chi connectivity index (χ2n) is 3.45. The van der Waals surface area contributed by atoms with Crippen LogP contribution < -0.4 is 0 Å². The number of aliphatic hydroxyl groups excluding tert-OH is 1. The van der Waals surface area contributed by atoms with E-state index >= 15 is 0 Å². The van der Waals surface area contributed by atoms with Crippen molar-refractivity contribution in [3.63, 3.8) is 0 Å². The minimum Gasteiger partial charge on any atom is -0.389 e. The van der Waals surface area contributed by atoms with Crippen LogP contribution in [-0.4, -0.2) is 32.9 Å². The Kier molecular flexibility index (Phi) is 3.76. The lowest BCUT2D eigenvalue weighted by atomic mass is 9.81. The molecule has 0 saturated heterocycles. The quantitative estimate of drug-likeness (QED) is 0.509. The van der Waals surface area contributed by atoms with Crippen LogP contribution in [0.15, 0.2) is 0 Å². The van der Waals surface area contributed by atoms with E-state index in [1.54, 1.807) is 0 Å². The predicted molar refractivity (Wildman–Crippen MR) is 56.1 cm³/mol. The Morgan fingerprint density at radius 3 is 2.67 bits per heavy atom. The smallest absolute Gasteiger partial charge is 0.103 e. The van der Waals surface area contributed by atoms with Gasteiger partial charge in [-0.1, -0.05) is 12.8 Å². The van der Waals surface area contributed by atoms with E-state index < -0.39 is 11.7 Å². The first-order chi connectivity index (χ1) is 5.61. The van der Waals surface area contributed by atoms with Gasteiger partial charge in [0.05, 0.1) is 6.10 Å². The van der Waals surface area contributed by atoms with Gasteiger partial charge in [-0.15, -0.1) is 0 Å². The summed E-state index contributed by atoms with van der Waals surface area (Å²) in [5.41, 5.74) is -1.01. The molecule has 0 aromatic heterocycles. The number of aliphatic hydroxyl groups is 2. The lowest BCUT2D eigenvalue weighted by Gasteiger charge is -2.40. The van der Waals surface area contributed by atoms with Gasteiger partial charge in [0.25, 0.3) is 0 Å². The van der Waals surface area contributed by atoms with Gasteiger partial charge in [-0.05, 0) is 12.8 Å². The third-order valence-electron chi connectivity index (χ3n) is 2.63. The molecule has 12 heavy (non-hydrogen) atoms. The molecular formula is C8H16O2S2. The van der Waals surface area contributed by atoms with Crippen LogP contribution in [0.2, 0.25) is 0 Å². The third kappa shape index (κ3) is 1.92. The Morgan fingerprint density at radius 1 is 1.50 bits per heavy atom. The van der Waals surface area contributed by atoms with Crippen molar-refractivity contribution in [1.82, 2.24) is 0 Å². The number of rotatable bonds is 2. The number of hydrogen-bond acceptors (Lipinski definition) is 4. The van der Waals surface area contributed by atoms with Crippen LogP contribution in [0.1, 0.15) is 25.7 Å². The zero-order valence-electron chi connectivity index (χ0n) is 6.98. The molecule has 0 aromatic carbocycles. The highest BCUT2D eigenvalue weighted by molar-refractivity contribution is 7.81. The zero-order chi connectivity index (χ0) is 9.19. The van der Waals surface area contributed by atoms with Crippen LogP contribution in [0.25, 0.3) is 0 Å². The number of hydrogen-bond donors (Lipinski definition) is 4. The molecule has 3 atom stereocenters. The molecule has 1 aliphatic carbocycles. The van der Waals surface area contributed by atoms with Crippen molar-refractivity contribution in [2.75, 3.05) is 5.75 Å². The zero-order valence-corrected chi connectivity index (χ0v) is 8.77. The standard InChI is InChI=1S/C8H16O2S2/c9-6(5-11)8(10)4-2-1-3-7(8)12/h6-7,9-12H,1-5H2. The van der Waals surface area contributed by atoms with Crippen molar-refractivity contribution >= 4 is 25.3 Å². The van der Waals surface area contributed by atoms with Crippen LogP contribution in [0, 0.1) is 0 Å². The maximum absolute atomic E-state index is 10.0. The molecular weight excluding hydrogens is 192 g/mol. The molecule has 1 saturated carbocycles. The highest BCUT2D eigenvalue weighted by Crippen LogP contribution is 2.35. The molecule has 4 heteroatoms. The maximum atomic E-state index is 10.0. The summed E-state index contributed by atoms with van der Waals surface area (Å²) in [6.45, 7) is 0. The van der Waals surface area contributed by atoms with E-state index in [0.717, 1.165) is 19.3 Å². The lowest BCUT2D eigenvalue weighted by Crippen LogP contribution is -2.52. The van der Waals surface area contributed by atoms with E-state index in [9.17, 15) is 10.2 Å². The van der Waals surface area contributed by atoms with E-state index in [2.05, 4.69) is 25.3 Å². The molecule has 0 bridgehead atoms. The average Bonchev–Trinajstić information content (AvgIpc) is 2.09. The van der Waals surface area contributed by atoms with Gasteiger partial charge in [-0.25, -0.2) is 0 Å². The van der Waals surface area contributed by atoms with E-state index in [1.165, 1.54) is 0 Å². The summed E-state index contributed by atoms with van der Waals surface area (Å²) in [5.74, 6) is 0.299. The topological polar surface area (TPSA) is 40.5 Å². The van der Waals surface area contributed by atoms with Crippen LogP contribution >= 0.6 is 25.3 Å². The van der Waals surface area contributed by atoms with E-state index in [0.29, 0.717) is 12.2 Å². The molecule has 0 amide bonds. The Hall–Kier alpha value is 0.620. The normalized spacial score (nSPS) is 39.5. The Morgan fingerprint density at radius 2 is 2.17 bits per heavy atom. The second-order valence-corrected chi connectivity index (χ2v) is 4.44. The minimum absolute atomic E-state index is 0.103. The highest BCUT2D eigenvalue weighted by Gasteiger charge is 2.42. The van der Waals surface area contributed by atoms with E-state index in [-0.39, 0.29) is 5.25 Å². The number of thiol groups is 2. The molecule has 2 nitrogen and oxygen atoms in total. The first kappa shape index (κ1) is 10.7. The van der Waals surface area contributed by atoms with E-state index in [4.69, 9.17) is 0 Å². The molecule has 0 radical (unpaired) electrons. The fraction of sp³-hybridized carbons (Fsp3) is 1.00. The molecule has 1 fully saturated rings. The van der Waals surface area contributed by atoms with Crippen molar-refractivity contribution < 1.29 is 10.2 Å². The maximum Gasteiger partial charge on any atom is 0.103 e. The average molecular weight is 208 g/mol. The highest BCUT2D eigenvalue weighted by atomic mass is 32.1. The fourth-order valence-corrected chi connectivity index (χ4v) is 2.51. The molecule has 72 valence electrons. The molecule has 0 heterocycles. The minimum atomic E-state index is -1.01. The molecule has 2 N–H and O–H groups in total. The summed E-state index contributed by atoms with van der Waals surface area (Å²) in [6, 6.07) is 0. The van der Waals surface area contributed by atoms with Crippen molar-refractivity contribution in [1.29, 1.82) is 0 Å². The second kappa shape index (κ2) is 4.22. The Balaban J connectivity index is 2.65. The summed E-state index contributed by atoms with van der Waals surface area (Å²) in [7, 11) is 0. The molecule has 0 spiro atoms. The van der Waals surface area contributed by atoms with Gasteiger partial charge in [0.15, 0.2) is 0 Å².